The SMILES string of the molecule is CCCC(CC)c1ccc(CN(C(=O)CN(Cc2ccc(Cl)cc2)Sc2ccc(C)cc2)c2ccc(C(=O)O)c(O)c2)cc1. The van der Waals surface area contributed by atoms with Gasteiger partial charge in [0.2, 0.25) is 5.91 Å². The van der Waals surface area contributed by atoms with E-state index in [4.69, 9.17) is 11.6 Å². The molecule has 1 amide bonds. The Morgan fingerprint density at radius 2 is 1.50 bits per heavy atom. The number of aromatic carboxylic acids is 1. The van der Waals surface area contributed by atoms with Gasteiger partial charge in [-0.15, -0.1) is 0 Å². The summed E-state index contributed by atoms with van der Waals surface area (Å²) in [5.41, 5.74) is 4.58. The highest BCUT2D eigenvalue weighted by molar-refractivity contribution is 7.97. The lowest BCUT2D eigenvalue weighted by Gasteiger charge is -2.28. The van der Waals surface area contributed by atoms with E-state index in [1.807, 2.05) is 71.9 Å². The van der Waals surface area contributed by atoms with Crippen LogP contribution in [0.1, 0.15) is 71.6 Å². The van der Waals surface area contributed by atoms with Gasteiger partial charge in [0, 0.05) is 28.2 Å². The van der Waals surface area contributed by atoms with Crippen LogP contribution in [-0.2, 0) is 17.9 Å². The Hall–Kier alpha value is -3.78. The van der Waals surface area contributed by atoms with Crippen molar-refractivity contribution in [3.63, 3.8) is 0 Å². The van der Waals surface area contributed by atoms with Crippen LogP contribution in [0.3, 0.4) is 0 Å². The van der Waals surface area contributed by atoms with Gasteiger partial charge >= 0.3 is 5.97 Å². The molecule has 4 aromatic rings. The Bertz CT molecular complexity index is 1490. The molecule has 0 bridgehead atoms. The minimum Gasteiger partial charge on any atom is -0.507 e. The Balaban J connectivity index is 1.64. The number of rotatable bonds is 14. The molecule has 4 aromatic carbocycles. The van der Waals surface area contributed by atoms with Crippen molar-refractivity contribution in [3.8, 4) is 5.75 Å². The molecule has 2 N–H and O–H groups in total. The van der Waals surface area contributed by atoms with Crippen LogP contribution in [0.5, 0.6) is 5.75 Å². The van der Waals surface area contributed by atoms with E-state index in [1.54, 1.807) is 11.0 Å². The van der Waals surface area contributed by atoms with E-state index in [1.165, 1.54) is 29.6 Å². The average molecular weight is 631 g/mol. The molecule has 0 saturated heterocycles. The molecule has 0 aromatic heterocycles. The summed E-state index contributed by atoms with van der Waals surface area (Å²) in [4.78, 5) is 28.3. The maximum absolute atomic E-state index is 14.1. The summed E-state index contributed by atoms with van der Waals surface area (Å²) in [5, 5.41) is 20.6. The zero-order chi connectivity index (χ0) is 31.6. The molecule has 0 aliphatic carbocycles. The van der Waals surface area contributed by atoms with Gasteiger partial charge in [0.05, 0.1) is 13.1 Å². The third-order valence-electron chi connectivity index (χ3n) is 7.59. The van der Waals surface area contributed by atoms with Gasteiger partial charge < -0.3 is 15.1 Å². The van der Waals surface area contributed by atoms with Crippen LogP contribution in [0.25, 0.3) is 0 Å². The van der Waals surface area contributed by atoms with Crippen LogP contribution in [0.2, 0.25) is 5.02 Å². The summed E-state index contributed by atoms with van der Waals surface area (Å²) in [6.45, 7) is 7.24. The number of aromatic hydroxyl groups is 1. The van der Waals surface area contributed by atoms with E-state index in [-0.39, 0.29) is 30.3 Å². The van der Waals surface area contributed by atoms with E-state index in [0.717, 1.165) is 40.8 Å². The van der Waals surface area contributed by atoms with Crippen molar-refractivity contribution in [1.29, 1.82) is 0 Å². The maximum Gasteiger partial charge on any atom is 0.339 e. The van der Waals surface area contributed by atoms with Gasteiger partial charge in [0.15, 0.2) is 0 Å². The predicted octanol–water partition coefficient (Wildman–Crippen LogP) is 9.09. The van der Waals surface area contributed by atoms with Crippen molar-refractivity contribution in [1.82, 2.24) is 4.31 Å². The standard InChI is InChI=1S/C36H39ClN2O4S/c1-4-6-28(5-2)29-13-9-27(10-14-29)23-39(31-17-20-33(36(42)43)34(40)21-31)35(41)24-38(22-26-11-15-30(37)16-12-26)44-32-18-7-25(3)8-19-32/h7-21,28,40H,4-6,22-24H2,1-3H3,(H,42,43). The highest BCUT2D eigenvalue weighted by atomic mass is 35.5. The lowest BCUT2D eigenvalue weighted by Crippen LogP contribution is -2.37. The first kappa shape index (κ1) is 33.1. The quantitative estimate of drug-likeness (QED) is 0.135. The fourth-order valence-electron chi connectivity index (χ4n) is 5.12. The van der Waals surface area contributed by atoms with Crippen LogP contribution >= 0.6 is 23.5 Å². The maximum atomic E-state index is 14.1. The Morgan fingerprint density at radius 3 is 2.09 bits per heavy atom. The third kappa shape index (κ3) is 9.11. The Kier molecular flexibility index (Phi) is 11.9. The minimum absolute atomic E-state index is 0.0646. The summed E-state index contributed by atoms with van der Waals surface area (Å²) in [7, 11) is 0. The van der Waals surface area contributed by atoms with E-state index in [9.17, 15) is 19.8 Å². The molecule has 0 saturated carbocycles. The van der Waals surface area contributed by atoms with Gasteiger partial charge in [-0.3, -0.25) is 4.79 Å². The number of anilines is 1. The lowest BCUT2D eigenvalue weighted by atomic mass is 9.91. The van der Waals surface area contributed by atoms with Crippen molar-refractivity contribution < 1.29 is 19.8 Å². The van der Waals surface area contributed by atoms with Crippen molar-refractivity contribution in [3.05, 3.63) is 124 Å². The second-order valence-electron chi connectivity index (χ2n) is 11.0. The van der Waals surface area contributed by atoms with Crippen molar-refractivity contribution in [2.75, 3.05) is 11.4 Å². The van der Waals surface area contributed by atoms with Gasteiger partial charge in [-0.1, -0.05) is 86.0 Å². The Morgan fingerprint density at radius 1 is 0.864 bits per heavy atom. The molecular weight excluding hydrogens is 592 g/mol. The number of hydrogen-bond donors (Lipinski definition) is 2. The van der Waals surface area contributed by atoms with E-state index < -0.39 is 5.97 Å². The predicted molar refractivity (Wildman–Crippen MR) is 180 cm³/mol. The minimum atomic E-state index is -1.23. The van der Waals surface area contributed by atoms with Crippen molar-refractivity contribution in [2.24, 2.45) is 0 Å². The van der Waals surface area contributed by atoms with Crippen LogP contribution < -0.4 is 4.90 Å². The zero-order valence-corrected chi connectivity index (χ0v) is 26.9. The third-order valence-corrected chi connectivity index (χ3v) is 8.84. The molecule has 1 unspecified atom stereocenters. The number of halogens is 1. The number of carbonyl (C=O) groups excluding carboxylic acids is 1. The topological polar surface area (TPSA) is 81.1 Å². The Labute approximate surface area is 269 Å². The summed E-state index contributed by atoms with van der Waals surface area (Å²) in [6.07, 6.45) is 3.30. The van der Waals surface area contributed by atoms with Crippen LogP contribution in [0.15, 0.2) is 95.9 Å². The average Bonchev–Trinajstić information content (AvgIpc) is 3.01. The highest BCUT2D eigenvalue weighted by Gasteiger charge is 2.23. The molecule has 8 heteroatoms. The molecule has 230 valence electrons. The summed E-state index contributed by atoms with van der Waals surface area (Å²) < 4.78 is 1.99. The molecular formula is C36H39ClN2O4S. The normalized spacial score (nSPS) is 11.8. The second kappa shape index (κ2) is 15.8. The summed E-state index contributed by atoms with van der Waals surface area (Å²) in [5.74, 6) is -1.32. The molecule has 0 aliphatic rings. The number of carboxylic acid groups (broad SMARTS) is 1. The lowest BCUT2D eigenvalue weighted by molar-refractivity contribution is -0.118. The summed E-state index contributed by atoms with van der Waals surface area (Å²) >= 11 is 7.61. The zero-order valence-electron chi connectivity index (χ0n) is 25.4. The molecule has 44 heavy (non-hydrogen) atoms. The number of carbonyl (C=O) groups is 2. The van der Waals surface area contributed by atoms with Crippen LogP contribution in [-0.4, -0.2) is 32.9 Å². The van der Waals surface area contributed by atoms with Crippen molar-refractivity contribution in [2.45, 2.75) is 63.9 Å². The number of aryl methyl sites for hydroxylation is 1. The van der Waals surface area contributed by atoms with Crippen LogP contribution in [0, 0.1) is 6.92 Å². The second-order valence-corrected chi connectivity index (χ2v) is 12.6. The molecule has 0 spiro atoms. The fraction of sp³-hybridized carbons (Fsp3) is 0.278. The molecule has 0 aliphatic heterocycles. The van der Waals surface area contributed by atoms with Gasteiger partial charge in [-0.25, -0.2) is 9.10 Å². The molecule has 6 nitrogen and oxygen atoms in total. The largest absolute Gasteiger partial charge is 0.507 e. The first-order chi connectivity index (χ1) is 21.2. The number of carboxylic acids is 1. The number of amides is 1. The van der Waals surface area contributed by atoms with E-state index >= 15 is 0 Å². The first-order valence-corrected chi connectivity index (χ1v) is 16.0. The monoisotopic (exact) mass is 630 g/mol. The van der Waals surface area contributed by atoms with Crippen molar-refractivity contribution >= 4 is 41.1 Å². The van der Waals surface area contributed by atoms with E-state index in [0.29, 0.717) is 23.2 Å². The molecule has 0 heterocycles. The molecule has 0 fully saturated rings. The number of benzene rings is 4. The number of hydrogen-bond acceptors (Lipinski definition) is 5. The van der Waals surface area contributed by atoms with Gasteiger partial charge in [0.1, 0.15) is 11.3 Å². The van der Waals surface area contributed by atoms with Gasteiger partial charge in [-0.05, 0) is 90.7 Å². The smallest absolute Gasteiger partial charge is 0.339 e. The first-order valence-electron chi connectivity index (χ1n) is 14.9. The summed E-state index contributed by atoms with van der Waals surface area (Å²) in [6, 6.07) is 28.3. The number of nitrogens with zero attached hydrogens (tertiary/aromatic N) is 2. The fourth-order valence-corrected chi connectivity index (χ4v) is 6.19. The highest BCUT2D eigenvalue weighted by Crippen LogP contribution is 2.30. The van der Waals surface area contributed by atoms with Crippen LogP contribution in [0.4, 0.5) is 5.69 Å². The molecule has 0 radical (unpaired) electrons. The molecule has 4 rings (SSSR count). The van der Waals surface area contributed by atoms with Gasteiger partial charge in [-0.2, -0.15) is 0 Å². The number of phenols is 1. The molecule has 1 atom stereocenters. The van der Waals surface area contributed by atoms with Gasteiger partial charge in [0.25, 0.3) is 0 Å². The van der Waals surface area contributed by atoms with E-state index in [2.05, 4.69) is 26.0 Å².